The maximum absolute atomic E-state index is 12.8. The summed E-state index contributed by atoms with van der Waals surface area (Å²) in [6, 6.07) is 0. The molecule has 2 saturated heterocycles. The van der Waals surface area contributed by atoms with Crippen LogP contribution in [0.5, 0.6) is 0 Å². The van der Waals surface area contributed by atoms with Crippen molar-refractivity contribution in [2.45, 2.75) is 86.4 Å². The highest BCUT2D eigenvalue weighted by Crippen LogP contribution is 2.16. The van der Waals surface area contributed by atoms with Crippen molar-refractivity contribution in [2.75, 3.05) is 78.5 Å². The molecule has 0 saturated carbocycles. The Morgan fingerprint density at radius 2 is 0.864 bits per heavy atom. The van der Waals surface area contributed by atoms with E-state index < -0.39 is 29.0 Å². The molecule has 2 rings (SSSR count). The second kappa shape index (κ2) is 16.1. The number of nitrogens with zero attached hydrogens (tertiary/aromatic N) is 5. The Hall–Kier alpha value is -2.61. The van der Waals surface area contributed by atoms with Crippen molar-refractivity contribution in [3.05, 3.63) is 0 Å². The van der Waals surface area contributed by atoms with Gasteiger partial charge >= 0.3 is 17.9 Å². The molecule has 2 aliphatic heterocycles. The summed E-state index contributed by atoms with van der Waals surface area (Å²) in [6.45, 7) is 22.7. The summed E-state index contributed by atoms with van der Waals surface area (Å²) in [5.74, 6) is -2.46. The van der Waals surface area contributed by atoms with Crippen LogP contribution in [0.1, 0.15) is 75.2 Å². The van der Waals surface area contributed by atoms with Crippen LogP contribution >= 0.6 is 0 Å². The third kappa shape index (κ3) is 15.4. The zero-order valence-electron chi connectivity index (χ0n) is 28.4. The number of hydrogen-bond acceptors (Lipinski definition) is 12. The third-order valence-electron chi connectivity index (χ3n) is 6.72. The molecule has 2 amide bonds. The van der Waals surface area contributed by atoms with Gasteiger partial charge in [0.2, 0.25) is 0 Å². The van der Waals surface area contributed by atoms with E-state index in [0.717, 1.165) is 6.54 Å². The number of amides is 2. The van der Waals surface area contributed by atoms with Gasteiger partial charge in [-0.3, -0.25) is 33.9 Å². The molecule has 0 aromatic heterocycles. The molecular formula is C31H55N5O8. The van der Waals surface area contributed by atoms with Crippen LogP contribution in [0.4, 0.5) is 0 Å². The number of esters is 2. The van der Waals surface area contributed by atoms with E-state index >= 15 is 0 Å². The number of imide groups is 1. The molecule has 0 radical (unpaired) electrons. The van der Waals surface area contributed by atoms with Crippen LogP contribution in [0.25, 0.3) is 0 Å². The van der Waals surface area contributed by atoms with E-state index in [2.05, 4.69) is 25.7 Å². The van der Waals surface area contributed by atoms with E-state index in [-0.39, 0.29) is 49.8 Å². The van der Waals surface area contributed by atoms with E-state index in [0.29, 0.717) is 57.4 Å². The molecular weight excluding hydrogens is 570 g/mol. The van der Waals surface area contributed by atoms with Crippen molar-refractivity contribution in [3.63, 3.8) is 0 Å². The molecule has 0 N–H and O–H groups in total. The number of carbonyl (C=O) groups excluding carboxylic acids is 5. The van der Waals surface area contributed by atoms with Gasteiger partial charge in [0, 0.05) is 71.7 Å². The maximum Gasteiger partial charge on any atom is 0.347 e. The van der Waals surface area contributed by atoms with Crippen LogP contribution in [-0.4, -0.2) is 144 Å². The zero-order chi connectivity index (χ0) is 33.3. The Morgan fingerprint density at radius 1 is 0.545 bits per heavy atom. The Kier molecular flexibility index (Phi) is 13.7. The van der Waals surface area contributed by atoms with E-state index in [1.807, 2.05) is 56.2 Å². The smallest absolute Gasteiger partial charge is 0.347 e. The molecule has 0 aromatic rings. The van der Waals surface area contributed by atoms with Gasteiger partial charge in [-0.15, -0.1) is 5.06 Å². The van der Waals surface area contributed by atoms with Gasteiger partial charge in [-0.2, -0.15) is 0 Å². The van der Waals surface area contributed by atoms with E-state index in [1.54, 1.807) is 0 Å². The summed E-state index contributed by atoms with van der Waals surface area (Å²) in [4.78, 5) is 75.8. The van der Waals surface area contributed by atoms with Crippen LogP contribution < -0.4 is 0 Å². The molecule has 2 fully saturated rings. The fourth-order valence-corrected chi connectivity index (χ4v) is 4.97. The molecule has 0 unspecified atom stereocenters. The van der Waals surface area contributed by atoms with Crippen LogP contribution in [0.2, 0.25) is 0 Å². The van der Waals surface area contributed by atoms with Crippen LogP contribution in [0.15, 0.2) is 0 Å². The van der Waals surface area contributed by atoms with Gasteiger partial charge in [-0.05, 0) is 47.0 Å². The fourth-order valence-electron chi connectivity index (χ4n) is 4.97. The molecule has 0 bridgehead atoms. The average molecular weight is 626 g/mol. The summed E-state index contributed by atoms with van der Waals surface area (Å²) >= 11 is 0. The van der Waals surface area contributed by atoms with E-state index in [9.17, 15) is 24.0 Å². The monoisotopic (exact) mass is 625 g/mol. The van der Waals surface area contributed by atoms with Crippen LogP contribution in [-0.2, 0) is 38.3 Å². The van der Waals surface area contributed by atoms with Crippen molar-refractivity contribution in [1.29, 1.82) is 0 Å². The van der Waals surface area contributed by atoms with Gasteiger partial charge in [-0.25, -0.2) is 4.79 Å². The summed E-state index contributed by atoms with van der Waals surface area (Å²) in [5.41, 5.74) is -1.18. The SMILES string of the molecule is CC(C)(C)CN1CCN(CC(=O)OC(C)(C)C)CCN(CC(=O)ON2C(=O)CCC2=O)CCN(CC(=O)OC(C)(C)C)CC1. The maximum atomic E-state index is 12.8. The average Bonchev–Trinajstić information content (AvgIpc) is 3.14. The molecule has 44 heavy (non-hydrogen) atoms. The van der Waals surface area contributed by atoms with Crippen molar-refractivity contribution in [3.8, 4) is 0 Å². The number of carbonyl (C=O) groups is 5. The lowest BCUT2D eigenvalue weighted by Crippen LogP contribution is -2.50. The largest absolute Gasteiger partial charge is 0.459 e. The Morgan fingerprint density at radius 3 is 1.18 bits per heavy atom. The molecule has 0 aliphatic carbocycles. The molecule has 0 aromatic carbocycles. The first-order chi connectivity index (χ1) is 20.2. The van der Waals surface area contributed by atoms with Crippen molar-refractivity contribution >= 4 is 29.7 Å². The number of rotatable bonds is 8. The number of ether oxygens (including phenoxy) is 2. The summed E-state index contributed by atoms with van der Waals surface area (Å²) in [6.07, 6.45) is 0.0304. The molecule has 2 heterocycles. The predicted octanol–water partition coefficient (Wildman–Crippen LogP) is 1.54. The quantitative estimate of drug-likeness (QED) is 0.287. The van der Waals surface area contributed by atoms with E-state index in [1.165, 1.54) is 0 Å². The summed E-state index contributed by atoms with van der Waals surface area (Å²) in [5, 5.41) is 0.548. The molecule has 13 heteroatoms. The van der Waals surface area contributed by atoms with Gasteiger partial charge in [0.1, 0.15) is 11.2 Å². The second-order valence-electron chi connectivity index (χ2n) is 14.9. The minimum atomic E-state index is -0.727. The van der Waals surface area contributed by atoms with Crippen molar-refractivity contribution < 1.29 is 38.3 Å². The fraction of sp³-hybridized carbons (Fsp3) is 0.839. The van der Waals surface area contributed by atoms with Crippen LogP contribution in [0.3, 0.4) is 0 Å². The van der Waals surface area contributed by atoms with Gasteiger partial charge in [0.05, 0.1) is 19.6 Å². The molecule has 252 valence electrons. The standard InChI is InChI=1S/C31H55N5O8/c1-29(2,3)23-35-18-16-32(20-26(39)42-30(4,5)6)12-14-34(22-28(41)44-36-24(37)10-11-25(36)38)15-13-33(17-19-35)21-27(40)43-31(7,8)9/h10-23H2,1-9H3. The van der Waals surface area contributed by atoms with Gasteiger partial charge in [0.15, 0.2) is 0 Å². The summed E-state index contributed by atoms with van der Waals surface area (Å²) < 4.78 is 11.2. The lowest BCUT2D eigenvalue weighted by Gasteiger charge is -2.36. The molecule has 2 aliphatic rings. The predicted molar refractivity (Wildman–Crippen MR) is 164 cm³/mol. The Balaban J connectivity index is 2.25. The lowest BCUT2D eigenvalue weighted by molar-refractivity contribution is -0.198. The highest BCUT2D eigenvalue weighted by Gasteiger charge is 2.33. The normalized spacial score (nSPS) is 19.8. The molecule has 0 spiro atoms. The number of hydroxylamine groups is 2. The van der Waals surface area contributed by atoms with Gasteiger partial charge in [0.25, 0.3) is 11.8 Å². The highest BCUT2D eigenvalue weighted by atomic mass is 16.7. The highest BCUT2D eigenvalue weighted by molar-refractivity contribution is 6.01. The van der Waals surface area contributed by atoms with Crippen molar-refractivity contribution in [2.24, 2.45) is 5.41 Å². The minimum absolute atomic E-state index is 0.0152. The first-order valence-electron chi connectivity index (χ1n) is 15.6. The minimum Gasteiger partial charge on any atom is -0.459 e. The van der Waals surface area contributed by atoms with Gasteiger partial charge in [-0.1, -0.05) is 20.8 Å². The van der Waals surface area contributed by atoms with Gasteiger partial charge < -0.3 is 19.2 Å². The Bertz CT molecular complexity index is 952. The second-order valence-corrected chi connectivity index (χ2v) is 14.9. The first kappa shape index (κ1) is 37.6. The third-order valence-corrected chi connectivity index (χ3v) is 6.72. The Labute approximate surface area is 263 Å². The van der Waals surface area contributed by atoms with E-state index in [4.69, 9.17) is 14.3 Å². The first-order valence-corrected chi connectivity index (χ1v) is 15.6. The lowest BCUT2D eigenvalue weighted by atomic mass is 9.96. The zero-order valence-corrected chi connectivity index (χ0v) is 28.4. The molecule has 0 atom stereocenters. The number of hydrogen-bond donors (Lipinski definition) is 0. The molecule has 13 nitrogen and oxygen atoms in total. The van der Waals surface area contributed by atoms with Crippen LogP contribution in [0, 0.1) is 5.41 Å². The van der Waals surface area contributed by atoms with Crippen molar-refractivity contribution in [1.82, 2.24) is 24.7 Å². The summed E-state index contributed by atoms with van der Waals surface area (Å²) in [7, 11) is 0. The topological polar surface area (TPSA) is 129 Å².